The van der Waals surface area contributed by atoms with Crippen LogP contribution in [-0.2, 0) is 0 Å². The summed E-state index contributed by atoms with van der Waals surface area (Å²) < 4.78 is 11.3. The molecule has 3 aromatic rings. The lowest BCUT2D eigenvalue weighted by Gasteiger charge is -2.36. The summed E-state index contributed by atoms with van der Waals surface area (Å²) in [6, 6.07) is 13.4. The second-order valence-electron chi connectivity index (χ2n) is 6.65. The van der Waals surface area contributed by atoms with Crippen molar-refractivity contribution in [3.8, 4) is 5.75 Å². The first-order valence-corrected chi connectivity index (χ1v) is 9.32. The summed E-state index contributed by atoms with van der Waals surface area (Å²) in [4.78, 5) is 17.1. The Morgan fingerprint density at radius 1 is 1.11 bits per heavy atom. The zero-order valence-electron chi connectivity index (χ0n) is 15.4. The van der Waals surface area contributed by atoms with Crippen molar-refractivity contribution in [1.29, 1.82) is 0 Å². The Morgan fingerprint density at radius 2 is 1.85 bits per heavy atom. The van der Waals surface area contributed by atoms with E-state index in [0.29, 0.717) is 29.5 Å². The fourth-order valence-electron chi connectivity index (χ4n) is 3.58. The number of aryl methyl sites for hydroxylation is 1. The van der Waals surface area contributed by atoms with Gasteiger partial charge in [-0.2, -0.15) is 0 Å². The quantitative estimate of drug-likeness (QED) is 0.672. The molecule has 0 unspecified atom stereocenters. The highest BCUT2D eigenvalue weighted by atomic mass is 35.5. The normalized spacial score (nSPS) is 14.6. The Labute approximate surface area is 163 Å². The van der Waals surface area contributed by atoms with Gasteiger partial charge in [-0.3, -0.25) is 4.79 Å². The summed E-state index contributed by atoms with van der Waals surface area (Å²) in [5, 5.41) is 1.52. The van der Waals surface area contributed by atoms with Crippen LogP contribution in [0.5, 0.6) is 5.75 Å². The molecule has 1 amide bonds. The van der Waals surface area contributed by atoms with Crippen LogP contribution in [0.2, 0.25) is 5.02 Å². The first kappa shape index (κ1) is 17.7. The summed E-state index contributed by atoms with van der Waals surface area (Å²) in [6.45, 7) is 4.66. The largest absolute Gasteiger partial charge is 0.495 e. The van der Waals surface area contributed by atoms with Crippen molar-refractivity contribution in [3.63, 3.8) is 0 Å². The molecule has 0 saturated carbocycles. The monoisotopic (exact) mass is 384 g/mol. The minimum atomic E-state index is -0.0699. The maximum atomic E-state index is 13.0. The molecule has 1 fully saturated rings. The molecule has 1 aliphatic heterocycles. The van der Waals surface area contributed by atoms with E-state index in [-0.39, 0.29) is 5.91 Å². The smallest absolute Gasteiger partial charge is 0.290 e. The number of ether oxygens (including phenoxy) is 1. The molecule has 27 heavy (non-hydrogen) atoms. The fraction of sp³-hybridized carbons (Fsp3) is 0.286. The van der Waals surface area contributed by atoms with Crippen LogP contribution in [0.15, 0.2) is 46.9 Å². The third kappa shape index (κ3) is 3.23. The highest BCUT2D eigenvalue weighted by molar-refractivity contribution is 6.31. The minimum absolute atomic E-state index is 0.0699. The molecule has 0 bridgehead atoms. The number of carbonyl (C=O) groups excluding carboxylic acids is 1. The summed E-state index contributed by atoms with van der Waals surface area (Å²) >= 11 is 6.07. The van der Waals surface area contributed by atoms with Crippen LogP contribution in [0.1, 0.15) is 16.1 Å². The van der Waals surface area contributed by atoms with Crippen molar-refractivity contribution in [1.82, 2.24) is 4.90 Å². The Morgan fingerprint density at radius 3 is 2.59 bits per heavy atom. The molecule has 140 valence electrons. The lowest BCUT2D eigenvalue weighted by Crippen LogP contribution is -2.48. The van der Waals surface area contributed by atoms with Gasteiger partial charge in [0.15, 0.2) is 5.76 Å². The van der Waals surface area contributed by atoms with E-state index in [9.17, 15) is 4.79 Å². The molecule has 6 heteroatoms. The number of hydrogen-bond acceptors (Lipinski definition) is 4. The van der Waals surface area contributed by atoms with Gasteiger partial charge >= 0.3 is 0 Å². The van der Waals surface area contributed by atoms with Crippen LogP contribution in [0, 0.1) is 6.92 Å². The molecule has 2 aromatic carbocycles. The van der Waals surface area contributed by atoms with Gasteiger partial charge in [0.2, 0.25) is 0 Å². The number of para-hydroxylation sites is 2. The maximum Gasteiger partial charge on any atom is 0.290 e. The number of fused-ring (bicyclic) bond motifs is 1. The molecule has 0 spiro atoms. The van der Waals surface area contributed by atoms with Gasteiger partial charge in [-0.05, 0) is 37.3 Å². The van der Waals surface area contributed by atoms with E-state index >= 15 is 0 Å². The number of carbonyl (C=O) groups is 1. The van der Waals surface area contributed by atoms with E-state index in [2.05, 4.69) is 4.90 Å². The van der Waals surface area contributed by atoms with Crippen LogP contribution in [0.4, 0.5) is 5.69 Å². The maximum absolute atomic E-state index is 13.0. The van der Waals surface area contributed by atoms with E-state index < -0.39 is 0 Å². The lowest BCUT2D eigenvalue weighted by atomic mass is 10.1. The van der Waals surface area contributed by atoms with Gasteiger partial charge in [0.05, 0.1) is 12.8 Å². The van der Waals surface area contributed by atoms with Crippen molar-refractivity contribution in [2.75, 3.05) is 38.2 Å². The SMILES string of the molecule is COc1ccccc1N1CCN(C(=O)c2oc3ccc(Cl)cc3c2C)CC1. The van der Waals surface area contributed by atoms with Crippen LogP contribution < -0.4 is 9.64 Å². The van der Waals surface area contributed by atoms with E-state index in [0.717, 1.165) is 35.5 Å². The van der Waals surface area contributed by atoms with E-state index in [1.165, 1.54) is 0 Å². The van der Waals surface area contributed by atoms with Crippen LogP contribution in [0.3, 0.4) is 0 Å². The van der Waals surface area contributed by atoms with Crippen molar-refractivity contribution in [2.45, 2.75) is 6.92 Å². The van der Waals surface area contributed by atoms with Crippen molar-refractivity contribution >= 4 is 34.2 Å². The summed E-state index contributed by atoms with van der Waals surface area (Å²) in [5.74, 6) is 1.18. The van der Waals surface area contributed by atoms with E-state index in [4.69, 9.17) is 20.8 Å². The van der Waals surface area contributed by atoms with Crippen molar-refractivity contribution < 1.29 is 13.9 Å². The number of furan rings is 1. The van der Waals surface area contributed by atoms with Gasteiger partial charge in [0.25, 0.3) is 5.91 Å². The number of halogens is 1. The van der Waals surface area contributed by atoms with Gasteiger partial charge in [0, 0.05) is 42.2 Å². The Hall–Kier alpha value is -2.66. The number of amides is 1. The number of rotatable bonds is 3. The van der Waals surface area contributed by atoms with Crippen molar-refractivity contribution in [3.05, 3.63) is 58.8 Å². The first-order chi connectivity index (χ1) is 13.1. The first-order valence-electron chi connectivity index (χ1n) is 8.94. The lowest BCUT2D eigenvalue weighted by molar-refractivity contribution is 0.0716. The topological polar surface area (TPSA) is 45.9 Å². The van der Waals surface area contributed by atoms with Crippen molar-refractivity contribution in [2.24, 2.45) is 0 Å². The molecule has 5 nitrogen and oxygen atoms in total. The highest BCUT2D eigenvalue weighted by Gasteiger charge is 2.27. The number of nitrogens with zero attached hydrogens (tertiary/aromatic N) is 2. The van der Waals surface area contributed by atoms with Gasteiger partial charge in [-0.25, -0.2) is 0 Å². The van der Waals surface area contributed by atoms with Crippen LogP contribution in [0.25, 0.3) is 11.0 Å². The summed E-state index contributed by atoms with van der Waals surface area (Å²) in [7, 11) is 1.68. The average molecular weight is 385 g/mol. The van der Waals surface area contributed by atoms with Gasteiger partial charge < -0.3 is 19.0 Å². The predicted molar refractivity (Wildman–Crippen MR) is 107 cm³/mol. The minimum Gasteiger partial charge on any atom is -0.495 e. The second kappa shape index (κ2) is 7.16. The molecular weight excluding hydrogens is 364 g/mol. The fourth-order valence-corrected chi connectivity index (χ4v) is 3.75. The van der Waals surface area contributed by atoms with Gasteiger partial charge in [0.1, 0.15) is 11.3 Å². The Balaban J connectivity index is 1.51. The zero-order valence-corrected chi connectivity index (χ0v) is 16.1. The molecule has 1 aliphatic rings. The number of hydrogen-bond donors (Lipinski definition) is 0. The Kier molecular flexibility index (Phi) is 4.70. The molecule has 0 aliphatic carbocycles. The third-order valence-electron chi connectivity index (χ3n) is 5.09. The average Bonchev–Trinajstić information content (AvgIpc) is 3.03. The molecule has 0 N–H and O–H groups in total. The van der Waals surface area contributed by atoms with E-state index in [1.54, 1.807) is 19.2 Å². The highest BCUT2D eigenvalue weighted by Crippen LogP contribution is 2.31. The molecular formula is C21H21ClN2O3. The number of methoxy groups -OCH3 is 1. The third-order valence-corrected chi connectivity index (χ3v) is 5.32. The standard InChI is InChI=1S/C21H21ClN2O3/c1-14-16-13-15(22)7-8-18(16)27-20(14)21(25)24-11-9-23(10-12-24)17-5-3-4-6-19(17)26-2/h3-8,13H,9-12H2,1-2H3. The molecule has 4 rings (SSSR count). The molecule has 2 heterocycles. The number of anilines is 1. The summed E-state index contributed by atoms with van der Waals surface area (Å²) in [6.07, 6.45) is 0. The number of benzene rings is 2. The van der Waals surface area contributed by atoms with Crippen LogP contribution >= 0.6 is 11.6 Å². The van der Waals surface area contributed by atoms with E-state index in [1.807, 2.05) is 42.2 Å². The Bertz CT molecular complexity index is 990. The zero-order chi connectivity index (χ0) is 19.0. The second-order valence-corrected chi connectivity index (χ2v) is 7.08. The van der Waals surface area contributed by atoms with Crippen LogP contribution in [-0.4, -0.2) is 44.1 Å². The predicted octanol–water partition coefficient (Wildman–Crippen LogP) is 4.37. The number of piperazine rings is 1. The molecule has 0 atom stereocenters. The van der Waals surface area contributed by atoms with Gasteiger partial charge in [-0.1, -0.05) is 23.7 Å². The molecule has 1 saturated heterocycles. The molecule has 0 radical (unpaired) electrons. The van der Waals surface area contributed by atoms with Gasteiger partial charge in [-0.15, -0.1) is 0 Å². The molecule has 1 aromatic heterocycles. The summed E-state index contributed by atoms with van der Waals surface area (Å²) in [5.41, 5.74) is 2.58.